The SMILES string of the molecule is CCONCc1cc(Cl)c2c(c1)OCCCO2. The summed E-state index contributed by atoms with van der Waals surface area (Å²) in [7, 11) is 0. The van der Waals surface area contributed by atoms with Crippen molar-refractivity contribution in [1.82, 2.24) is 5.48 Å². The van der Waals surface area contributed by atoms with Crippen molar-refractivity contribution < 1.29 is 14.3 Å². The topological polar surface area (TPSA) is 39.7 Å². The third kappa shape index (κ3) is 3.25. The molecule has 0 saturated carbocycles. The standard InChI is InChI=1S/C12H16ClNO3/c1-2-17-14-8-9-6-10(13)12-11(7-9)15-4-3-5-16-12/h6-7,14H,2-5,8H2,1H3. The quantitative estimate of drug-likeness (QED) is 0.665. The highest BCUT2D eigenvalue weighted by Crippen LogP contribution is 2.37. The molecule has 1 aliphatic rings. The summed E-state index contributed by atoms with van der Waals surface area (Å²) < 4.78 is 11.1. The summed E-state index contributed by atoms with van der Waals surface area (Å²) in [6, 6.07) is 3.79. The van der Waals surface area contributed by atoms with E-state index in [1.54, 1.807) is 0 Å². The van der Waals surface area contributed by atoms with E-state index >= 15 is 0 Å². The second-order valence-corrected chi connectivity index (χ2v) is 4.12. The van der Waals surface area contributed by atoms with Crippen molar-refractivity contribution in [1.29, 1.82) is 0 Å². The van der Waals surface area contributed by atoms with Crippen LogP contribution in [0.1, 0.15) is 18.9 Å². The van der Waals surface area contributed by atoms with Gasteiger partial charge < -0.3 is 14.3 Å². The summed E-state index contributed by atoms with van der Waals surface area (Å²) in [5.74, 6) is 1.35. The first-order valence-electron chi connectivity index (χ1n) is 5.74. The van der Waals surface area contributed by atoms with Gasteiger partial charge in [-0.3, -0.25) is 0 Å². The fourth-order valence-electron chi connectivity index (χ4n) is 1.62. The highest BCUT2D eigenvalue weighted by molar-refractivity contribution is 6.32. The number of rotatable bonds is 4. The van der Waals surface area contributed by atoms with Crippen molar-refractivity contribution in [2.75, 3.05) is 19.8 Å². The fraction of sp³-hybridized carbons (Fsp3) is 0.500. The molecule has 94 valence electrons. The lowest BCUT2D eigenvalue weighted by Gasteiger charge is -2.11. The molecule has 0 amide bonds. The molecule has 0 fully saturated rings. The normalized spacial score (nSPS) is 14.5. The molecule has 0 aromatic heterocycles. The number of halogens is 1. The predicted molar refractivity (Wildman–Crippen MR) is 65.5 cm³/mol. The first-order valence-corrected chi connectivity index (χ1v) is 6.11. The first-order chi connectivity index (χ1) is 8.31. The molecule has 5 heteroatoms. The smallest absolute Gasteiger partial charge is 0.179 e. The maximum absolute atomic E-state index is 6.16. The Morgan fingerprint density at radius 2 is 2.18 bits per heavy atom. The third-order valence-corrected chi connectivity index (χ3v) is 2.67. The van der Waals surface area contributed by atoms with E-state index in [1.165, 1.54) is 0 Å². The Morgan fingerprint density at radius 1 is 1.35 bits per heavy atom. The van der Waals surface area contributed by atoms with E-state index in [4.69, 9.17) is 25.9 Å². The van der Waals surface area contributed by atoms with Crippen LogP contribution < -0.4 is 15.0 Å². The van der Waals surface area contributed by atoms with Gasteiger partial charge in [-0.2, -0.15) is 5.48 Å². The molecular weight excluding hydrogens is 242 g/mol. The van der Waals surface area contributed by atoms with Crippen LogP contribution in [0.2, 0.25) is 5.02 Å². The molecule has 2 rings (SSSR count). The molecule has 0 atom stereocenters. The van der Waals surface area contributed by atoms with Gasteiger partial charge in [0.25, 0.3) is 0 Å². The Kier molecular flexibility index (Phi) is 4.48. The van der Waals surface area contributed by atoms with Crippen LogP contribution in [0, 0.1) is 0 Å². The van der Waals surface area contributed by atoms with Gasteiger partial charge in [0.15, 0.2) is 11.5 Å². The number of hydrogen-bond acceptors (Lipinski definition) is 4. The Labute approximate surface area is 106 Å². The van der Waals surface area contributed by atoms with Crippen molar-refractivity contribution in [3.63, 3.8) is 0 Å². The van der Waals surface area contributed by atoms with Gasteiger partial charge in [-0.05, 0) is 24.6 Å². The minimum atomic E-state index is 0.581. The molecule has 1 aromatic carbocycles. The largest absolute Gasteiger partial charge is 0.489 e. The van der Waals surface area contributed by atoms with E-state index in [-0.39, 0.29) is 0 Å². The molecule has 0 aliphatic carbocycles. The summed E-state index contributed by atoms with van der Waals surface area (Å²) in [6.07, 6.45) is 0.873. The molecule has 0 radical (unpaired) electrons. The highest BCUT2D eigenvalue weighted by Gasteiger charge is 2.15. The average molecular weight is 258 g/mol. The molecule has 0 unspecified atom stereocenters. The molecule has 0 spiro atoms. The van der Waals surface area contributed by atoms with Crippen molar-refractivity contribution in [2.24, 2.45) is 0 Å². The average Bonchev–Trinajstić information content (AvgIpc) is 2.55. The van der Waals surface area contributed by atoms with Crippen LogP contribution in [0.4, 0.5) is 0 Å². The Morgan fingerprint density at radius 3 is 3.00 bits per heavy atom. The molecule has 0 bridgehead atoms. The van der Waals surface area contributed by atoms with Gasteiger partial charge in [0, 0.05) is 13.0 Å². The van der Waals surface area contributed by atoms with Crippen LogP contribution in [0.25, 0.3) is 0 Å². The molecule has 4 nitrogen and oxygen atoms in total. The van der Waals surface area contributed by atoms with Gasteiger partial charge >= 0.3 is 0 Å². The van der Waals surface area contributed by atoms with Crippen LogP contribution in [-0.2, 0) is 11.4 Å². The molecule has 17 heavy (non-hydrogen) atoms. The number of hydrogen-bond donors (Lipinski definition) is 1. The van der Waals surface area contributed by atoms with Crippen molar-refractivity contribution in [2.45, 2.75) is 19.9 Å². The van der Waals surface area contributed by atoms with E-state index in [2.05, 4.69) is 5.48 Å². The van der Waals surface area contributed by atoms with Crippen molar-refractivity contribution in [3.8, 4) is 11.5 Å². The fourth-order valence-corrected chi connectivity index (χ4v) is 1.91. The lowest BCUT2D eigenvalue weighted by atomic mass is 10.2. The highest BCUT2D eigenvalue weighted by atomic mass is 35.5. The van der Waals surface area contributed by atoms with Gasteiger partial charge in [0.2, 0.25) is 0 Å². The second-order valence-electron chi connectivity index (χ2n) is 3.71. The van der Waals surface area contributed by atoms with Gasteiger partial charge in [-0.15, -0.1) is 0 Å². The van der Waals surface area contributed by atoms with Gasteiger partial charge in [-0.1, -0.05) is 11.6 Å². The number of fused-ring (bicyclic) bond motifs is 1. The maximum atomic E-state index is 6.16. The van der Waals surface area contributed by atoms with E-state index in [0.717, 1.165) is 12.0 Å². The summed E-state index contributed by atoms with van der Waals surface area (Å²) >= 11 is 6.16. The summed E-state index contributed by atoms with van der Waals surface area (Å²) in [4.78, 5) is 5.08. The van der Waals surface area contributed by atoms with Crippen LogP contribution in [0.5, 0.6) is 11.5 Å². The third-order valence-electron chi connectivity index (χ3n) is 2.38. The zero-order chi connectivity index (χ0) is 12.1. The zero-order valence-corrected chi connectivity index (χ0v) is 10.5. The molecular formula is C12H16ClNO3. The summed E-state index contributed by atoms with van der Waals surface area (Å²) in [5.41, 5.74) is 3.85. The minimum absolute atomic E-state index is 0.581. The van der Waals surface area contributed by atoms with Gasteiger partial charge in [0.05, 0.1) is 24.8 Å². The maximum Gasteiger partial charge on any atom is 0.179 e. The number of hydroxylamine groups is 1. The molecule has 1 heterocycles. The van der Waals surface area contributed by atoms with E-state index in [1.807, 2.05) is 19.1 Å². The number of benzene rings is 1. The van der Waals surface area contributed by atoms with Crippen LogP contribution in [0.15, 0.2) is 12.1 Å². The lowest BCUT2D eigenvalue weighted by molar-refractivity contribution is 0.0463. The van der Waals surface area contributed by atoms with Crippen LogP contribution >= 0.6 is 11.6 Å². The monoisotopic (exact) mass is 257 g/mol. The number of nitrogens with one attached hydrogen (secondary N) is 1. The zero-order valence-electron chi connectivity index (χ0n) is 9.79. The van der Waals surface area contributed by atoms with E-state index < -0.39 is 0 Å². The van der Waals surface area contributed by atoms with E-state index in [0.29, 0.717) is 42.9 Å². The first kappa shape index (κ1) is 12.5. The molecule has 0 saturated heterocycles. The Balaban J connectivity index is 2.14. The van der Waals surface area contributed by atoms with Crippen molar-refractivity contribution >= 4 is 11.6 Å². The van der Waals surface area contributed by atoms with Crippen LogP contribution in [0.3, 0.4) is 0 Å². The molecule has 1 N–H and O–H groups in total. The summed E-state index contributed by atoms with van der Waals surface area (Å²) in [6.45, 7) is 4.44. The predicted octanol–water partition coefficient (Wildman–Crippen LogP) is 2.54. The minimum Gasteiger partial charge on any atom is -0.489 e. The second kappa shape index (κ2) is 6.10. The van der Waals surface area contributed by atoms with E-state index in [9.17, 15) is 0 Å². The Bertz CT molecular complexity index is 384. The summed E-state index contributed by atoms with van der Waals surface area (Å²) in [5, 5.41) is 0.581. The molecule has 1 aromatic rings. The number of ether oxygens (including phenoxy) is 2. The lowest BCUT2D eigenvalue weighted by Crippen LogP contribution is -2.13. The van der Waals surface area contributed by atoms with Crippen LogP contribution in [-0.4, -0.2) is 19.8 Å². The molecule has 1 aliphatic heterocycles. The van der Waals surface area contributed by atoms with Gasteiger partial charge in [0.1, 0.15) is 0 Å². The Hall–Kier alpha value is -0.970. The van der Waals surface area contributed by atoms with Crippen molar-refractivity contribution in [3.05, 3.63) is 22.7 Å². The van der Waals surface area contributed by atoms with Gasteiger partial charge in [-0.25, -0.2) is 0 Å².